The van der Waals surface area contributed by atoms with Crippen molar-refractivity contribution in [2.45, 2.75) is 10.8 Å². The molecule has 1 N–H and O–H groups in total. The number of ether oxygens (including phenoxy) is 1. The minimum Gasteiger partial charge on any atom is -0.456 e. The molecule has 0 saturated carbocycles. The van der Waals surface area contributed by atoms with Crippen LogP contribution in [0.3, 0.4) is 0 Å². The Morgan fingerprint density at radius 3 is 2.74 bits per heavy atom. The second kappa shape index (κ2) is 8.92. The topological polar surface area (TPSA) is 68.3 Å². The number of halogens is 2. The van der Waals surface area contributed by atoms with E-state index >= 15 is 0 Å². The van der Waals surface area contributed by atoms with Crippen LogP contribution in [0.1, 0.15) is 6.42 Å². The third kappa shape index (κ3) is 5.48. The van der Waals surface area contributed by atoms with E-state index in [0.29, 0.717) is 5.75 Å². The fourth-order valence-corrected chi connectivity index (χ4v) is 4.18. The molecule has 0 atom stereocenters. The Kier molecular flexibility index (Phi) is 6.36. The Balaban J connectivity index is 1.38. The van der Waals surface area contributed by atoms with Crippen LogP contribution in [0.15, 0.2) is 46.8 Å². The third-order valence-corrected chi connectivity index (χ3v) is 5.55. The Morgan fingerprint density at radius 1 is 1.15 bits per heavy atom. The molecule has 1 amide bonds. The normalized spacial score (nSPS) is 10.7. The molecule has 140 valence electrons. The van der Waals surface area contributed by atoms with Crippen molar-refractivity contribution < 1.29 is 23.1 Å². The first-order chi connectivity index (χ1) is 13.0. The summed E-state index contributed by atoms with van der Waals surface area (Å²) in [6.45, 7) is -0.496. The van der Waals surface area contributed by atoms with Crippen molar-refractivity contribution in [3.8, 4) is 0 Å². The van der Waals surface area contributed by atoms with Gasteiger partial charge in [0.05, 0.1) is 16.6 Å². The zero-order valence-corrected chi connectivity index (χ0v) is 15.5. The van der Waals surface area contributed by atoms with Crippen LogP contribution in [-0.4, -0.2) is 29.2 Å². The molecule has 9 heteroatoms. The van der Waals surface area contributed by atoms with Gasteiger partial charge in [-0.05, 0) is 24.3 Å². The molecule has 0 radical (unpaired) electrons. The number of nitrogens with zero attached hydrogens (tertiary/aromatic N) is 1. The van der Waals surface area contributed by atoms with E-state index < -0.39 is 30.1 Å². The first kappa shape index (κ1) is 19.2. The highest BCUT2D eigenvalue weighted by Crippen LogP contribution is 2.29. The number of hydrogen-bond acceptors (Lipinski definition) is 6. The number of anilines is 1. The van der Waals surface area contributed by atoms with Crippen molar-refractivity contribution in [1.82, 2.24) is 4.98 Å². The first-order valence-corrected chi connectivity index (χ1v) is 9.70. The molecule has 3 rings (SSSR count). The predicted molar refractivity (Wildman–Crippen MR) is 101 cm³/mol. The number of esters is 1. The van der Waals surface area contributed by atoms with Crippen molar-refractivity contribution in [3.05, 3.63) is 54.1 Å². The molecule has 0 unspecified atom stereocenters. The Hall–Kier alpha value is -2.52. The summed E-state index contributed by atoms with van der Waals surface area (Å²) in [6, 6.07) is 10.7. The summed E-state index contributed by atoms with van der Waals surface area (Å²) >= 11 is 2.99. The van der Waals surface area contributed by atoms with Crippen LogP contribution in [0, 0.1) is 11.6 Å². The smallest absolute Gasteiger partial charge is 0.307 e. The lowest BCUT2D eigenvalue weighted by molar-refractivity contribution is -0.146. The fraction of sp³-hybridized carbons (Fsp3) is 0.167. The van der Waals surface area contributed by atoms with Crippen molar-refractivity contribution in [1.29, 1.82) is 0 Å². The largest absolute Gasteiger partial charge is 0.456 e. The summed E-state index contributed by atoms with van der Waals surface area (Å²) in [4.78, 5) is 27.9. The second-order valence-corrected chi connectivity index (χ2v) is 7.76. The Labute approximate surface area is 161 Å². The van der Waals surface area contributed by atoms with Crippen molar-refractivity contribution in [2.24, 2.45) is 0 Å². The number of thiazole rings is 1. The zero-order chi connectivity index (χ0) is 19.2. The zero-order valence-electron chi connectivity index (χ0n) is 13.9. The van der Waals surface area contributed by atoms with Gasteiger partial charge in [-0.1, -0.05) is 23.9 Å². The van der Waals surface area contributed by atoms with E-state index in [9.17, 15) is 18.4 Å². The SMILES string of the molecule is O=C(COC(=O)CCSc1nc2ccccc2s1)Nc1ccc(F)c(F)c1. The highest BCUT2D eigenvalue weighted by molar-refractivity contribution is 8.01. The summed E-state index contributed by atoms with van der Waals surface area (Å²) in [5, 5.41) is 2.33. The van der Waals surface area contributed by atoms with Crippen LogP contribution in [0.25, 0.3) is 10.2 Å². The molecule has 0 bridgehead atoms. The van der Waals surface area contributed by atoms with Crippen LogP contribution in [0.5, 0.6) is 0 Å². The van der Waals surface area contributed by atoms with Gasteiger partial charge in [0.1, 0.15) is 0 Å². The molecule has 0 aliphatic rings. The maximum atomic E-state index is 13.1. The van der Waals surface area contributed by atoms with Gasteiger partial charge in [-0.15, -0.1) is 11.3 Å². The number of nitrogens with one attached hydrogen (secondary N) is 1. The van der Waals surface area contributed by atoms with Crippen molar-refractivity contribution >= 4 is 50.9 Å². The Bertz CT molecular complexity index is 945. The minimum absolute atomic E-state index is 0.0846. The lowest BCUT2D eigenvalue weighted by Crippen LogP contribution is -2.21. The Morgan fingerprint density at radius 2 is 1.96 bits per heavy atom. The van der Waals surface area contributed by atoms with E-state index in [-0.39, 0.29) is 12.1 Å². The molecule has 27 heavy (non-hydrogen) atoms. The second-order valence-electron chi connectivity index (χ2n) is 5.38. The van der Waals surface area contributed by atoms with E-state index in [1.54, 1.807) is 11.3 Å². The molecular weight excluding hydrogens is 394 g/mol. The molecule has 3 aromatic rings. The average molecular weight is 408 g/mol. The number of hydrogen-bond donors (Lipinski definition) is 1. The summed E-state index contributed by atoms with van der Waals surface area (Å²) in [7, 11) is 0. The number of para-hydroxylation sites is 1. The van der Waals surface area contributed by atoms with Gasteiger partial charge >= 0.3 is 5.97 Å². The molecule has 5 nitrogen and oxygen atoms in total. The minimum atomic E-state index is -1.07. The van der Waals surface area contributed by atoms with Gasteiger partial charge in [-0.25, -0.2) is 13.8 Å². The van der Waals surface area contributed by atoms with Crippen molar-refractivity contribution in [2.75, 3.05) is 17.7 Å². The van der Waals surface area contributed by atoms with E-state index in [1.165, 1.54) is 17.8 Å². The number of thioether (sulfide) groups is 1. The lowest BCUT2D eigenvalue weighted by atomic mass is 10.3. The molecule has 0 fully saturated rings. The van der Waals surface area contributed by atoms with Crippen molar-refractivity contribution in [3.63, 3.8) is 0 Å². The van der Waals surface area contributed by atoms with Gasteiger partial charge in [0.2, 0.25) is 0 Å². The van der Waals surface area contributed by atoms with Gasteiger partial charge in [0.25, 0.3) is 5.91 Å². The van der Waals surface area contributed by atoms with E-state index in [2.05, 4.69) is 10.3 Å². The maximum absolute atomic E-state index is 13.1. The average Bonchev–Trinajstić information content (AvgIpc) is 3.06. The fourth-order valence-electron chi connectivity index (χ4n) is 2.12. The van der Waals surface area contributed by atoms with Crippen LogP contribution >= 0.6 is 23.1 Å². The van der Waals surface area contributed by atoms with E-state index in [1.807, 2.05) is 24.3 Å². The summed E-state index contributed by atoms with van der Waals surface area (Å²) in [5.74, 6) is -2.76. The molecular formula is C18H14F2N2O3S2. The number of benzene rings is 2. The number of carbonyl (C=O) groups is 2. The van der Waals surface area contributed by atoms with Crippen LogP contribution in [0.2, 0.25) is 0 Å². The standard InChI is InChI=1S/C18H14F2N2O3S2/c19-12-6-5-11(9-13(12)20)21-16(23)10-25-17(24)7-8-26-18-22-14-3-1-2-4-15(14)27-18/h1-6,9H,7-8,10H2,(H,21,23). The van der Waals surface area contributed by atoms with Gasteiger partial charge in [0.15, 0.2) is 22.6 Å². The summed E-state index contributed by atoms with van der Waals surface area (Å²) < 4.78 is 32.7. The van der Waals surface area contributed by atoms with Gasteiger partial charge in [-0.2, -0.15) is 0 Å². The van der Waals surface area contributed by atoms with Gasteiger partial charge < -0.3 is 10.1 Å². The summed E-state index contributed by atoms with van der Waals surface area (Å²) in [5.41, 5.74) is 1.00. The summed E-state index contributed by atoms with van der Waals surface area (Å²) in [6.07, 6.45) is 0.124. The number of aromatic nitrogens is 1. The quantitative estimate of drug-likeness (QED) is 0.468. The van der Waals surface area contributed by atoms with Gasteiger partial charge in [-0.3, -0.25) is 9.59 Å². The number of fused-ring (bicyclic) bond motifs is 1. The third-order valence-electron chi connectivity index (χ3n) is 3.37. The van der Waals surface area contributed by atoms with E-state index in [0.717, 1.165) is 26.7 Å². The first-order valence-electron chi connectivity index (χ1n) is 7.90. The molecule has 1 aromatic heterocycles. The number of amides is 1. The van der Waals surface area contributed by atoms with Crippen LogP contribution in [-0.2, 0) is 14.3 Å². The van der Waals surface area contributed by atoms with Crippen LogP contribution in [0.4, 0.5) is 14.5 Å². The highest BCUT2D eigenvalue weighted by atomic mass is 32.2. The highest BCUT2D eigenvalue weighted by Gasteiger charge is 2.11. The molecule has 0 saturated heterocycles. The molecule has 1 heterocycles. The number of carbonyl (C=O) groups excluding carboxylic acids is 2. The molecule has 0 spiro atoms. The van der Waals surface area contributed by atoms with Crippen LogP contribution < -0.4 is 5.32 Å². The number of rotatable bonds is 7. The van der Waals surface area contributed by atoms with Gasteiger partial charge in [0, 0.05) is 17.5 Å². The lowest BCUT2D eigenvalue weighted by Gasteiger charge is -2.06. The molecule has 0 aliphatic carbocycles. The molecule has 0 aliphatic heterocycles. The molecule has 2 aromatic carbocycles. The maximum Gasteiger partial charge on any atom is 0.307 e. The predicted octanol–water partition coefficient (Wildman–Crippen LogP) is 4.24. The monoisotopic (exact) mass is 408 g/mol. The van der Waals surface area contributed by atoms with E-state index in [4.69, 9.17) is 4.74 Å².